The number of benzene rings is 2. The molecular weight excluding hydrogens is 406 g/mol. The molecule has 0 saturated heterocycles. The van der Waals surface area contributed by atoms with E-state index in [-0.39, 0.29) is 22.8 Å². The first kappa shape index (κ1) is 18.8. The van der Waals surface area contributed by atoms with E-state index in [0.717, 1.165) is 27.9 Å². The molecule has 0 aliphatic heterocycles. The van der Waals surface area contributed by atoms with Crippen molar-refractivity contribution in [3.05, 3.63) is 122 Å². The molecule has 0 radical (unpaired) electrons. The molecule has 3 aromatic heterocycles. The second-order valence-corrected chi connectivity index (χ2v) is 10.2. The zero-order chi connectivity index (χ0) is 22.5. The molecule has 0 spiro atoms. The third-order valence-electron chi connectivity index (χ3n) is 7.32. The van der Waals surface area contributed by atoms with Crippen molar-refractivity contribution in [1.82, 2.24) is 14.4 Å². The van der Waals surface area contributed by atoms with Crippen molar-refractivity contribution in [3.63, 3.8) is 0 Å². The minimum atomic E-state index is -0.128. The number of aromatic nitrogens is 3. The van der Waals surface area contributed by atoms with E-state index in [0.29, 0.717) is 5.65 Å². The minimum Gasteiger partial charge on any atom is -0.303 e. The summed E-state index contributed by atoms with van der Waals surface area (Å²) in [7, 11) is 0. The lowest BCUT2D eigenvalue weighted by molar-refractivity contribution is 0.571. The van der Waals surface area contributed by atoms with Gasteiger partial charge in [0, 0.05) is 34.3 Å². The summed E-state index contributed by atoms with van der Waals surface area (Å²) in [5, 5.41) is 0.911. The number of hydrogen-bond donors (Lipinski definition) is 0. The summed E-state index contributed by atoms with van der Waals surface area (Å²) in [6.45, 7) is 6.48. The maximum absolute atomic E-state index is 13.6. The van der Waals surface area contributed by atoms with Crippen molar-refractivity contribution in [1.29, 1.82) is 0 Å². The quantitative estimate of drug-likeness (QED) is 0.298. The van der Waals surface area contributed by atoms with Gasteiger partial charge in [-0.2, -0.15) is 4.98 Å². The highest BCUT2D eigenvalue weighted by molar-refractivity contribution is 5.91. The van der Waals surface area contributed by atoms with E-state index >= 15 is 0 Å². The standard InChI is InChI=1S/C29H23N3O/c1-29(2,3)22-13-12-20-21(30-22)14-15-32-26-24-18-10-6-4-8-16(18)23(17-9-5-7-11-19(17)24)25(26)28(33)31-27(20)32/h4-15,23-24H,1-3H3. The van der Waals surface area contributed by atoms with Gasteiger partial charge >= 0.3 is 0 Å². The van der Waals surface area contributed by atoms with Crippen LogP contribution in [0.4, 0.5) is 0 Å². The van der Waals surface area contributed by atoms with E-state index in [1.54, 1.807) is 0 Å². The van der Waals surface area contributed by atoms with Gasteiger partial charge in [0.25, 0.3) is 5.56 Å². The minimum absolute atomic E-state index is 0.0138. The van der Waals surface area contributed by atoms with Gasteiger partial charge in [-0.3, -0.25) is 9.78 Å². The van der Waals surface area contributed by atoms with Crippen LogP contribution in [0.3, 0.4) is 0 Å². The predicted octanol–water partition coefficient (Wildman–Crippen LogP) is 5.53. The molecule has 2 aromatic carbocycles. The molecule has 0 N–H and O–H groups in total. The average Bonchev–Trinajstić information content (AvgIpc) is 2.82. The maximum atomic E-state index is 13.6. The van der Waals surface area contributed by atoms with Gasteiger partial charge in [-0.05, 0) is 40.5 Å². The predicted molar refractivity (Wildman–Crippen MR) is 130 cm³/mol. The summed E-state index contributed by atoms with van der Waals surface area (Å²) in [5.41, 5.74) is 9.30. The molecular formula is C29H23N3O. The Labute approximate surface area is 191 Å². The molecule has 0 atom stereocenters. The fourth-order valence-corrected chi connectivity index (χ4v) is 5.84. The van der Waals surface area contributed by atoms with Gasteiger partial charge in [-0.1, -0.05) is 69.3 Å². The Morgan fingerprint density at radius 2 is 1.36 bits per heavy atom. The van der Waals surface area contributed by atoms with Crippen LogP contribution in [0.2, 0.25) is 0 Å². The zero-order valence-corrected chi connectivity index (χ0v) is 18.8. The molecule has 0 fully saturated rings. The molecule has 33 heavy (non-hydrogen) atoms. The second-order valence-electron chi connectivity index (χ2n) is 10.2. The fourth-order valence-electron chi connectivity index (χ4n) is 5.84. The first-order chi connectivity index (χ1) is 15.9. The summed E-state index contributed by atoms with van der Waals surface area (Å²) < 4.78 is 2.14. The van der Waals surface area contributed by atoms with E-state index in [1.165, 1.54) is 22.3 Å². The molecule has 0 saturated carbocycles. The topological polar surface area (TPSA) is 47.3 Å². The van der Waals surface area contributed by atoms with Crippen molar-refractivity contribution in [3.8, 4) is 0 Å². The first-order valence-corrected chi connectivity index (χ1v) is 11.5. The van der Waals surface area contributed by atoms with Crippen molar-refractivity contribution in [2.45, 2.75) is 38.0 Å². The summed E-state index contributed by atoms with van der Waals surface area (Å²) >= 11 is 0. The Morgan fingerprint density at radius 3 is 1.97 bits per heavy atom. The highest BCUT2D eigenvalue weighted by atomic mass is 16.1. The molecule has 8 rings (SSSR count). The van der Waals surface area contributed by atoms with Gasteiger partial charge in [-0.25, -0.2) is 0 Å². The van der Waals surface area contributed by atoms with Crippen LogP contribution in [0.25, 0.3) is 16.6 Å². The van der Waals surface area contributed by atoms with Crippen LogP contribution in [-0.2, 0) is 5.41 Å². The normalized spacial score (nSPS) is 18.3. The Balaban J connectivity index is 1.60. The van der Waals surface area contributed by atoms with Crippen molar-refractivity contribution < 1.29 is 0 Å². The van der Waals surface area contributed by atoms with Crippen LogP contribution in [0.1, 0.15) is 71.8 Å². The van der Waals surface area contributed by atoms with Gasteiger partial charge in [0.05, 0.1) is 17.0 Å². The number of pyridine rings is 2. The van der Waals surface area contributed by atoms with Crippen molar-refractivity contribution in [2.24, 2.45) is 0 Å². The Bertz CT molecular complexity index is 1640. The fraction of sp³-hybridized carbons (Fsp3) is 0.207. The molecule has 3 aliphatic carbocycles. The first-order valence-electron chi connectivity index (χ1n) is 11.5. The zero-order valence-electron chi connectivity index (χ0n) is 18.8. The van der Waals surface area contributed by atoms with E-state index in [9.17, 15) is 4.79 Å². The maximum Gasteiger partial charge on any atom is 0.277 e. The largest absolute Gasteiger partial charge is 0.303 e. The van der Waals surface area contributed by atoms with Crippen LogP contribution in [0.15, 0.2) is 77.7 Å². The van der Waals surface area contributed by atoms with E-state index in [1.807, 2.05) is 6.20 Å². The molecule has 3 heterocycles. The lowest BCUT2D eigenvalue weighted by atomic mass is 9.63. The molecule has 2 bridgehead atoms. The van der Waals surface area contributed by atoms with Gasteiger partial charge in [-0.15, -0.1) is 0 Å². The summed E-state index contributed by atoms with van der Waals surface area (Å²) in [6.07, 6.45) is 2.05. The SMILES string of the molecule is CC(C)(C)c1ccc2c(ccn3c4c(c(=O)nc23)C2c3ccccc3C4c3ccccc32)n1. The molecule has 5 aromatic rings. The molecule has 0 unspecified atom stereocenters. The van der Waals surface area contributed by atoms with Gasteiger partial charge in [0.15, 0.2) is 5.65 Å². The second kappa shape index (κ2) is 6.16. The average molecular weight is 430 g/mol. The van der Waals surface area contributed by atoms with Crippen LogP contribution in [0, 0.1) is 0 Å². The summed E-state index contributed by atoms with van der Waals surface area (Å²) in [5.74, 6) is -0.0637. The van der Waals surface area contributed by atoms with E-state index in [2.05, 4.69) is 96.9 Å². The third kappa shape index (κ3) is 2.38. The van der Waals surface area contributed by atoms with Crippen molar-refractivity contribution >= 4 is 16.6 Å². The molecule has 160 valence electrons. The highest BCUT2D eigenvalue weighted by Gasteiger charge is 2.44. The summed E-state index contributed by atoms with van der Waals surface area (Å²) in [6, 6.07) is 23.3. The lowest BCUT2D eigenvalue weighted by Crippen LogP contribution is -2.35. The lowest BCUT2D eigenvalue weighted by Gasteiger charge is -2.41. The van der Waals surface area contributed by atoms with Crippen LogP contribution in [0.5, 0.6) is 0 Å². The molecule has 3 aliphatic rings. The Morgan fingerprint density at radius 1 is 0.758 bits per heavy atom. The monoisotopic (exact) mass is 429 g/mol. The molecule has 0 amide bonds. The number of hydrogen-bond acceptors (Lipinski definition) is 3. The highest BCUT2D eigenvalue weighted by Crippen LogP contribution is 2.54. The van der Waals surface area contributed by atoms with E-state index < -0.39 is 0 Å². The van der Waals surface area contributed by atoms with Crippen LogP contribution < -0.4 is 5.56 Å². The number of rotatable bonds is 0. The molecule has 4 heteroatoms. The third-order valence-corrected chi connectivity index (χ3v) is 7.32. The Kier molecular flexibility index (Phi) is 3.50. The van der Waals surface area contributed by atoms with E-state index in [4.69, 9.17) is 4.98 Å². The van der Waals surface area contributed by atoms with Gasteiger partial charge < -0.3 is 4.40 Å². The van der Waals surface area contributed by atoms with Gasteiger partial charge in [0.2, 0.25) is 0 Å². The molecule has 4 nitrogen and oxygen atoms in total. The number of nitrogens with zero attached hydrogens (tertiary/aromatic N) is 3. The van der Waals surface area contributed by atoms with Crippen molar-refractivity contribution in [2.75, 3.05) is 0 Å². The van der Waals surface area contributed by atoms with Crippen LogP contribution >= 0.6 is 0 Å². The summed E-state index contributed by atoms with van der Waals surface area (Å²) in [4.78, 5) is 23.2. The Hall–Kier alpha value is -3.79. The smallest absolute Gasteiger partial charge is 0.277 e. The van der Waals surface area contributed by atoms with Crippen LogP contribution in [-0.4, -0.2) is 14.4 Å². The van der Waals surface area contributed by atoms with Gasteiger partial charge in [0.1, 0.15) is 0 Å². The number of fused-ring (bicyclic) bond motifs is 3.